The van der Waals surface area contributed by atoms with Crippen molar-refractivity contribution in [1.29, 1.82) is 0 Å². The second-order valence-electron chi connectivity index (χ2n) is 3.74. The molecule has 0 saturated carbocycles. The highest BCUT2D eigenvalue weighted by Crippen LogP contribution is 2.35. The van der Waals surface area contributed by atoms with Gasteiger partial charge in [-0.15, -0.1) is 0 Å². The summed E-state index contributed by atoms with van der Waals surface area (Å²) in [7, 11) is 0. The molecule has 0 heterocycles. The number of hydrogen-bond donors (Lipinski definition) is 1. The Morgan fingerprint density at radius 3 is 1.71 bits per heavy atom. The maximum Gasteiger partial charge on any atom is 0.401 e. The quantitative estimate of drug-likeness (QED) is 0.605. The molecule has 17 heavy (non-hydrogen) atoms. The first-order valence-electron chi connectivity index (χ1n) is 5.23. The summed E-state index contributed by atoms with van der Waals surface area (Å²) in [5, 5.41) is 7.18. The van der Waals surface area contributed by atoms with E-state index in [4.69, 9.17) is 9.90 Å². The molecule has 3 heteroatoms. The Hall–Kier alpha value is -1.80. The average molecular weight is 247 g/mol. The van der Waals surface area contributed by atoms with Gasteiger partial charge in [-0.3, -0.25) is 0 Å². The van der Waals surface area contributed by atoms with Crippen LogP contribution < -0.4 is 0 Å². The van der Waals surface area contributed by atoms with Gasteiger partial charge in [0.1, 0.15) is 0 Å². The molecule has 0 saturated heterocycles. The predicted molar refractivity (Wildman–Crippen MR) is 68.6 cm³/mol. The Morgan fingerprint density at radius 2 is 1.29 bits per heavy atom. The minimum absolute atomic E-state index is 1.10. The molecule has 2 nitrogen and oxygen atoms in total. The number of halogens is 1. The van der Waals surface area contributed by atoms with Crippen molar-refractivity contribution in [1.82, 2.24) is 0 Å². The lowest BCUT2D eigenvalue weighted by Crippen LogP contribution is -1.77. The molecule has 0 bridgehead atoms. The highest BCUT2D eigenvalue weighted by molar-refractivity contribution is 6.60. The van der Waals surface area contributed by atoms with E-state index in [0.29, 0.717) is 0 Å². The molecule has 2 aromatic rings. The molecule has 1 aliphatic rings. The average Bonchev–Trinajstić information content (AvgIpc) is 2.66. The van der Waals surface area contributed by atoms with Crippen molar-refractivity contribution in [2.75, 3.05) is 0 Å². The largest absolute Gasteiger partial charge is 0.469 e. The maximum atomic E-state index is 8.77. The molecule has 86 valence electrons. The second-order valence-corrected chi connectivity index (χ2v) is 4.07. The SMILES string of the molecule is O=C(O)Cl.c1ccc2c(c1)Cc1ccccc1-2. The molecular weight excluding hydrogens is 236 g/mol. The van der Waals surface area contributed by atoms with E-state index in [2.05, 4.69) is 60.1 Å². The fourth-order valence-corrected chi connectivity index (χ4v) is 2.08. The normalized spacial score (nSPS) is 10.9. The van der Waals surface area contributed by atoms with E-state index in [1.807, 2.05) is 0 Å². The number of hydrogen-bond acceptors (Lipinski definition) is 1. The Balaban J connectivity index is 0.000000239. The number of fused-ring (bicyclic) bond motifs is 3. The van der Waals surface area contributed by atoms with Crippen LogP contribution in [0.25, 0.3) is 11.1 Å². The van der Waals surface area contributed by atoms with Gasteiger partial charge >= 0.3 is 5.43 Å². The molecule has 1 N–H and O–H groups in total. The lowest BCUT2D eigenvalue weighted by molar-refractivity contribution is 0.220. The van der Waals surface area contributed by atoms with Crippen LogP contribution in [-0.2, 0) is 6.42 Å². The van der Waals surface area contributed by atoms with E-state index in [1.165, 1.54) is 22.3 Å². The molecule has 0 amide bonds. The third-order valence-corrected chi connectivity index (χ3v) is 2.71. The van der Waals surface area contributed by atoms with Gasteiger partial charge in [0.2, 0.25) is 0 Å². The van der Waals surface area contributed by atoms with Crippen LogP contribution in [0.3, 0.4) is 0 Å². The van der Waals surface area contributed by atoms with Gasteiger partial charge in [0.25, 0.3) is 0 Å². The van der Waals surface area contributed by atoms with Crippen LogP contribution >= 0.6 is 11.6 Å². The lowest BCUT2D eigenvalue weighted by Gasteiger charge is -1.98. The number of carbonyl (C=O) groups is 1. The van der Waals surface area contributed by atoms with Crippen molar-refractivity contribution in [3.8, 4) is 11.1 Å². The molecule has 0 radical (unpaired) electrons. The molecule has 1 aliphatic carbocycles. The highest BCUT2D eigenvalue weighted by atomic mass is 35.5. The Kier molecular flexibility index (Phi) is 3.45. The van der Waals surface area contributed by atoms with Gasteiger partial charge in [0.15, 0.2) is 0 Å². The van der Waals surface area contributed by atoms with Gasteiger partial charge in [0, 0.05) is 11.6 Å². The number of benzene rings is 2. The molecule has 3 rings (SSSR count). The van der Waals surface area contributed by atoms with Crippen molar-refractivity contribution in [2.45, 2.75) is 6.42 Å². The van der Waals surface area contributed by atoms with Crippen LogP contribution in [0, 0.1) is 0 Å². The zero-order valence-electron chi connectivity index (χ0n) is 9.06. The van der Waals surface area contributed by atoms with E-state index in [1.54, 1.807) is 0 Å². The topological polar surface area (TPSA) is 37.3 Å². The molecule has 0 aromatic heterocycles. The van der Waals surface area contributed by atoms with Crippen LogP contribution in [0.5, 0.6) is 0 Å². The first kappa shape index (κ1) is 11.7. The maximum absolute atomic E-state index is 8.77. The van der Waals surface area contributed by atoms with Crippen LogP contribution in [-0.4, -0.2) is 10.5 Å². The van der Waals surface area contributed by atoms with Crippen molar-refractivity contribution >= 4 is 17.0 Å². The van der Waals surface area contributed by atoms with Gasteiger partial charge in [-0.2, -0.15) is 0 Å². The monoisotopic (exact) mass is 246 g/mol. The smallest absolute Gasteiger partial charge is 0.401 e. The summed E-state index contributed by atoms with van der Waals surface area (Å²) in [5.41, 5.74) is 4.39. The Morgan fingerprint density at radius 1 is 0.941 bits per heavy atom. The summed E-state index contributed by atoms with van der Waals surface area (Å²) in [6.07, 6.45) is 1.10. The van der Waals surface area contributed by atoms with E-state index in [-0.39, 0.29) is 0 Å². The molecule has 2 aromatic carbocycles. The van der Waals surface area contributed by atoms with Crippen LogP contribution in [0.15, 0.2) is 48.5 Å². The molecular formula is C14H11ClO2. The summed E-state index contributed by atoms with van der Waals surface area (Å²) in [6.45, 7) is 0. The number of rotatable bonds is 0. The van der Waals surface area contributed by atoms with E-state index >= 15 is 0 Å². The highest BCUT2D eigenvalue weighted by Gasteiger charge is 2.15. The van der Waals surface area contributed by atoms with Crippen molar-refractivity contribution in [2.24, 2.45) is 0 Å². The summed E-state index contributed by atoms with van der Waals surface area (Å²) in [5.74, 6) is 0. The van der Waals surface area contributed by atoms with Gasteiger partial charge in [-0.05, 0) is 28.7 Å². The summed E-state index contributed by atoms with van der Waals surface area (Å²) in [4.78, 5) is 8.77. The van der Waals surface area contributed by atoms with E-state index in [0.717, 1.165) is 6.42 Å². The third-order valence-electron chi connectivity index (χ3n) is 2.71. The molecule has 0 fully saturated rings. The van der Waals surface area contributed by atoms with Crippen molar-refractivity contribution in [3.05, 3.63) is 59.7 Å². The minimum Gasteiger partial charge on any atom is -0.469 e. The predicted octanol–water partition coefficient (Wildman–Crippen LogP) is 4.16. The lowest BCUT2D eigenvalue weighted by atomic mass is 10.1. The second kappa shape index (κ2) is 5.02. The molecule has 0 unspecified atom stereocenters. The van der Waals surface area contributed by atoms with Gasteiger partial charge in [-0.25, -0.2) is 4.79 Å². The third kappa shape index (κ3) is 2.66. The van der Waals surface area contributed by atoms with Gasteiger partial charge < -0.3 is 5.11 Å². The van der Waals surface area contributed by atoms with Gasteiger partial charge in [-0.1, -0.05) is 48.5 Å². The first-order chi connectivity index (χ1) is 8.18. The molecule has 0 atom stereocenters. The number of carboxylic acid groups (broad SMARTS) is 1. The zero-order valence-corrected chi connectivity index (χ0v) is 9.82. The van der Waals surface area contributed by atoms with Crippen molar-refractivity contribution < 1.29 is 9.90 Å². The summed E-state index contributed by atoms with van der Waals surface area (Å²) in [6, 6.07) is 17.3. The molecule has 0 spiro atoms. The first-order valence-corrected chi connectivity index (χ1v) is 5.61. The van der Waals surface area contributed by atoms with E-state index < -0.39 is 5.43 Å². The Labute approximate surface area is 104 Å². The summed E-state index contributed by atoms with van der Waals surface area (Å²) < 4.78 is 0. The fourth-order valence-electron chi connectivity index (χ4n) is 2.08. The Bertz CT molecular complexity index is 502. The van der Waals surface area contributed by atoms with Gasteiger partial charge in [0.05, 0.1) is 0 Å². The fraction of sp³-hybridized carbons (Fsp3) is 0.0714. The van der Waals surface area contributed by atoms with Crippen LogP contribution in [0.1, 0.15) is 11.1 Å². The molecule has 0 aliphatic heterocycles. The summed E-state index contributed by atoms with van der Waals surface area (Å²) >= 11 is 4.19. The van der Waals surface area contributed by atoms with Crippen molar-refractivity contribution in [3.63, 3.8) is 0 Å². The minimum atomic E-state index is -1.36. The van der Waals surface area contributed by atoms with Crippen LogP contribution in [0.4, 0.5) is 4.79 Å². The van der Waals surface area contributed by atoms with Crippen LogP contribution in [0.2, 0.25) is 0 Å². The standard InChI is InChI=1S/C13H10.CHClO2/c1-3-7-12-10(5-1)9-11-6-2-4-8-13(11)12;2-1(3)4/h1-8H,9H2;(H,3,4). The zero-order chi connectivity index (χ0) is 12.3. The van der Waals surface area contributed by atoms with E-state index in [9.17, 15) is 0 Å².